The van der Waals surface area contributed by atoms with Crippen LogP contribution in [0.4, 0.5) is 5.69 Å². The Morgan fingerprint density at radius 2 is 2.05 bits per heavy atom. The van der Waals surface area contributed by atoms with E-state index in [-0.39, 0.29) is 24.3 Å². The number of non-ortho nitro benzene ring substituents is 1. The molecule has 0 amide bonds. The van der Waals surface area contributed by atoms with Gasteiger partial charge in [0.15, 0.2) is 5.60 Å². The van der Waals surface area contributed by atoms with Gasteiger partial charge >= 0.3 is 5.97 Å². The maximum atomic E-state index is 11.7. The van der Waals surface area contributed by atoms with E-state index in [1.165, 1.54) is 24.3 Å². The minimum atomic E-state index is -1.87. The monoisotopic (exact) mass is 267 g/mol. The predicted octanol–water partition coefficient (Wildman–Crippen LogP) is 1.23. The lowest BCUT2D eigenvalue weighted by Crippen LogP contribution is -2.41. The van der Waals surface area contributed by atoms with E-state index in [0.717, 1.165) is 0 Å². The third-order valence-corrected chi connectivity index (χ3v) is 2.64. The summed E-state index contributed by atoms with van der Waals surface area (Å²) in [6.45, 7) is 1.54. The third kappa shape index (κ3) is 3.59. The van der Waals surface area contributed by atoms with Gasteiger partial charge in [-0.15, -0.1) is 0 Å². The molecule has 102 valence electrons. The van der Waals surface area contributed by atoms with Gasteiger partial charge in [0.05, 0.1) is 4.92 Å². The molecule has 0 aliphatic heterocycles. The summed E-state index contributed by atoms with van der Waals surface area (Å²) in [4.78, 5) is 32.0. The van der Waals surface area contributed by atoms with E-state index in [4.69, 9.17) is 4.74 Å². The summed E-state index contributed by atoms with van der Waals surface area (Å²) in [6, 6.07) is 4.83. The summed E-state index contributed by atoms with van der Waals surface area (Å²) in [5, 5.41) is 20.3. The molecular weight excluding hydrogens is 254 g/mol. The first kappa shape index (κ1) is 14.8. The standard InChI is InChI=1S/C12H13NO6/c1-2-12(16,7-8-14)11(15)19-10-5-3-9(4-6-10)13(17)18/h3-6,8,16H,2,7H2,1H3. The molecule has 7 heteroatoms. The summed E-state index contributed by atoms with van der Waals surface area (Å²) >= 11 is 0. The van der Waals surface area contributed by atoms with E-state index < -0.39 is 16.5 Å². The van der Waals surface area contributed by atoms with E-state index in [1.54, 1.807) is 6.92 Å². The van der Waals surface area contributed by atoms with Crippen molar-refractivity contribution in [1.82, 2.24) is 0 Å². The van der Waals surface area contributed by atoms with Crippen molar-refractivity contribution >= 4 is 17.9 Å². The summed E-state index contributed by atoms with van der Waals surface area (Å²) in [7, 11) is 0. The number of nitro groups is 1. The molecule has 0 spiro atoms. The van der Waals surface area contributed by atoms with Crippen LogP contribution in [0.3, 0.4) is 0 Å². The minimum absolute atomic E-state index is 0.0254. The normalized spacial score (nSPS) is 13.4. The Balaban J connectivity index is 2.81. The van der Waals surface area contributed by atoms with Gasteiger partial charge in [0.1, 0.15) is 12.0 Å². The van der Waals surface area contributed by atoms with Gasteiger partial charge in [-0.1, -0.05) is 6.92 Å². The third-order valence-electron chi connectivity index (χ3n) is 2.64. The number of benzene rings is 1. The number of carbonyl (C=O) groups excluding carboxylic acids is 2. The Morgan fingerprint density at radius 3 is 2.47 bits per heavy atom. The van der Waals surface area contributed by atoms with E-state index in [0.29, 0.717) is 6.29 Å². The average molecular weight is 267 g/mol. The van der Waals surface area contributed by atoms with Crippen LogP contribution in [0.25, 0.3) is 0 Å². The first-order chi connectivity index (χ1) is 8.92. The van der Waals surface area contributed by atoms with Crippen LogP contribution < -0.4 is 4.74 Å². The van der Waals surface area contributed by atoms with E-state index in [2.05, 4.69) is 0 Å². The summed E-state index contributed by atoms with van der Waals surface area (Å²) in [6.07, 6.45) is 0.0907. The van der Waals surface area contributed by atoms with Gasteiger partial charge in [-0.25, -0.2) is 4.79 Å². The highest BCUT2D eigenvalue weighted by atomic mass is 16.6. The van der Waals surface area contributed by atoms with Crippen molar-refractivity contribution in [3.8, 4) is 5.75 Å². The second-order valence-electron chi connectivity index (χ2n) is 3.90. The zero-order chi connectivity index (χ0) is 14.5. The molecule has 1 N–H and O–H groups in total. The number of nitro benzene ring substituents is 1. The van der Waals surface area contributed by atoms with Gasteiger partial charge in [0, 0.05) is 18.6 Å². The first-order valence-electron chi connectivity index (χ1n) is 5.55. The molecule has 1 aromatic carbocycles. The Morgan fingerprint density at radius 1 is 1.47 bits per heavy atom. The van der Waals surface area contributed by atoms with Crippen molar-refractivity contribution < 1.29 is 24.4 Å². The van der Waals surface area contributed by atoms with Gasteiger partial charge in [-0.3, -0.25) is 10.1 Å². The van der Waals surface area contributed by atoms with Gasteiger partial charge < -0.3 is 14.6 Å². The predicted molar refractivity (Wildman–Crippen MR) is 64.7 cm³/mol. The minimum Gasteiger partial charge on any atom is -0.424 e. The van der Waals surface area contributed by atoms with Crippen molar-refractivity contribution in [3.63, 3.8) is 0 Å². The van der Waals surface area contributed by atoms with Crippen LogP contribution >= 0.6 is 0 Å². The quantitative estimate of drug-likeness (QED) is 0.273. The number of esters is 1. The number of ether oxygens (including phenoxy) is 1. The fraction of sp³-hybridized carbons (Fsp3) is 0.333. The second kappa shape index (κ2) is 6.05. The molecule has 0 aliphatic rings. The fourth-order valence-corrected chi connectivity index (χ4v) is 1.35. The molecule has 19 heavy (non-hydrogen) atoms. The van der Waals surface area contributed by atoms with Crippen LogP contribution in [-0.4, -0.2) is 27.9 Å². The number of hydrogen-bond donors (Lipinski definition) is 1. The summed E-state index contributed by atoms with van der Waals surface area (Å²) in [5.74, 6) is -0.899. The van der Waals surface area contributed by atoms with Gasteiger partial charge in [0.25, 0.3) is 5.69 Å². The lowest BCUT2D eigenvalue weighted by Gasteiger charge is -2.21. The lowest BCUT2D eigenvalue weighted by molar-refractivity contribution is -0.384. The largest absolute Gasteiger partial charge is 0.424 e. The maximum absolute atomic E-state index is 11.7. The van der Waals surface area contributed by atoms with E-state index in [1.807, 2.05) is 0 Å². The smallest absolute Gasteiger partial charge is 0.343 e. The highest BCUT2D eigenvalue weighted by molar-refractivity contribution is 5.84. The number of aldehydes is 1. The highest BCUT2D eigenvalue weighted by Crippen LogP contribution is 2.21. The molecule has 0 saturated heterocycles. The van der Waals surface area contributed by atoms with Crippen LogP contribution in [0.5, 0.6) is 5.75 Å². The number of aliphatic hydroxyl groups is 1. The topological polar surface area (TPSA) is 107 Å². The molecular formula is C12H13NO6. The molecule has 1 atom stereocenters. The highest BCUT2D eigenvalue weighted by Gasteiger charge is 2.35. The van der Waals surface area contributed by atoms with E-state index in [9.17, 15) is 24.8 Å². The molecule has 7 nitrogen and oxygen atoms in total. The molecule has 0 heterocycles. The van der Waals surface area contributed by atoms with E-state index >= 15 is 0 Å². The fourth-order valence-electron chi connectivity index (χ4n) is 1.35. The molecule has 1 unspecified atom stereocenters. The van der Waals surface area contributed by atoms with Crippen molar-refractivity contribution in [2.45, 2.75) is 25.4 Å². The van der Waals surface area contributed by atoms with Crippen molar-refractivity contribution in [2.75, 3.05) is 0 Å². The summed E-state index contributed by atoms with van der Waals surface area (Å²) in [5.41, 5.74) is -2.01. The number of carbonyl (C=O) groups is 2. The molecule has 0 saturated carbocycles. The molecule has 0 radical (unpaired) electrons. The van der Waals surface area contributed by atoms with Gasteiger partial charge in [-0.2, -0.15) is 0 Å². The second-order valence-corrected chi connectivity index (χ2v) is 3.90. The first-order valence-corrected chi connectivity index (χ1v) is 5.55. The Hall–Kier alpha value is -2.28. The zero-order valence-electron chi connectivity index (χ0n) is 10.2. The van der Waals surface area contributed by atoms with Crippen LogP contribution in [0, 0.1) is 10.1 Å². The van der Waals surface area contributed by atoms with Crippen molar-refractivity contribution in [2.24, 2.45) is 0 Å². The number of nitrogens with zero attached hydrogens (tertiary/aromatic N) is 1. The van der Waals surface area contributed by atoms with Crippen LogP contribution in [-0.2, 0) is 9.59 Å². The number of rotatable bonds is 6. The molecule has 0 aromatic heterocycles. The van der Waals surface area contributed by atoms with Crippen molar-refractivity contribution in [3.05, 3.63) is 34.4 Å². The van der Waals surface area contributed by atoms with Gasteiger partial charge in [0.2, 0.25) is 0 Å². The van der Waals surface area contributed by atoms with Crippen LogP contribution in [0.2, 0.25) is 0 Å². The number of hydrogen-bond acceptors (Lipinski definition) is 6. The zero-order valence-corrected chi connectivity index (χ0v) is 10.2. The van der Waals surface area contributed by atoms with Crippen molar-refractivity contribution in [1.29, 1.82) is 0 Å². The molecule has 0 aliphatic carbocycles. The lowest BCUT2D eigenvalue weighted by atomic mass is 9.98. The maximum Gasteiger partial charge on any atom is 0.343 e. The van der Waals surface area contributed by atoms with Gasteiger partial charge in [-0.05, 0) is 18.6 Å². The SMILES string of the molecule is CCC(O)(CC=O)C(=O)Oc1ccc([N+](=O)[O-])cc1. The van der Waals surface area contributed by atoms with Crippen LogP contribution in [0.1, 0.15) is 19.8 Å². The molecule has 1 aromatic rings. The van der Waals surface area contributed by atoms with Crippen LogP contribution in [0.15, 0.2) is 24.3 Å². The molecule has 0 fully saturated rings. The summed E-state index contributed by atoms with van der Waals surface area (Å²) < 4.78 is 4.89. The molecule has 1 rings (SSSR count). The molecule has 0 bridgehead atoms. The Kier molecular flexibility index (Phi) is 4.71. The average Bonchev–Trinajstić information content (AvgIpc) is 2.39. The Labute approximate surface area is 109 Å². The Bertz CT molecular complexity index is 483.